The molecule has 0 fully saturated rings. The highest BCUT2D eigenvalue weighted by Crippen LogP contribution is 2.32. The van der Waals surface area contributed by atoms with E-state index in [1.165, 1.54) is 17.0 Å². The molecule has 0 aromatic heterocycles. The van der Waals surface area contributed by atoms with Gasteiger partial charge in [-0.05, 0) is 57.7 Å². The van der Waals surface area contributed by atoms with E-state index in [4.69, 9.17) is 0 Å². The van der Waals surface area contributed by atoms with Crippen LogP contribution in [0.15, 0.2) is 34.8 Å². The molecule has 2 amide bonds. The number of hydrogen-bond acceptors (Lipinski definition) is 2. The zero-order chi connectivity index (χ0) is 18.8. The average Bonchev–Trinajstić information content (AvgIpc) is 2.94. The topological polar surface area (TPSA) is 41.6 Å². The quantitative estimate of drug-likeness (QED) is 0.717. The summed E-state index contributed by atoms with van der Waals surface area (Å²) >= 11 is 3.10. The molecule has 138 valence electrons. The molecule has 4 nitrogen and oxygen atoms in total. The van der Waals surface area contributed by atoms with Gasteiger partial charge in [-0.15, -0.1) is 0 Å². The molecule has 26 heavy (non-hydrogen) atoms. The minimum atomic E-state index is -3.07. The zero-order valence-corrected chi connectivity index (χ0v) is 14.8. The van der Waals surface area contributed by atoms with Crippen molar-refractivity contribution in [3.8, 4) is 5.75 Å². The summed E-state index contributed by atoms with van der Waals surface area (Å²) in [5, 5.41) is 2.57. The van der Waals surface area contributed by atoms with E-state index in [9.17, 15) is 22.4 Å². The van der Waals surface area contributed by atoms with Crippen LogP contribution >= 0.6 is 15.9 Å². The van der Waals surface area contributed by atoms with Gasteiger partial charge in [-0.25, -0.2) is 13.6 Å². The first-order chi connectivity index (χ1) is 12.3. The van der Waals surface area contributed by atoms with E-state index < -0.39 is 24.3 Å². The average molecular weight is 433 g/mol. The van der Waals surface area contributed by atoms with Gasteiger partial charge in [-0.2, -0.15) is 8.78 Å². The number of ether oxygens (including phenoxy) is 1. The molecule has 9 heteroatoms. The maximum atomic E-state index is 13.7. The summed E-state index contributed by atoms with van der Waals surface area (Å²) in [4.78, 5) is 13.7. The van der Waals surface area contributed by atoms with Gasteiger partial charge >= 0.3 is 12.6 Å². The van der Waals surface area contributed by atoms with Crippen molar-refractivity contribution in [2.24, 2.45) is 0 Å². The van der Waals surface area contributed by atoms with Gasteiger partial charge < -0.3 is 10.1 Å². The number of alkyl halides is 2. The summed E-state index contributed by atoms with van der Waals surface area (Å²) in [6.07, 6.45) is 0.577. The number of nitrogens with one attached hydrogen (secondary N) is 1. The zero-order valence-electron chi connectivity index (χ0n) is 13.2. The van der Waals surface area contributed by atoms with Crippen molar-refractivity contribution in [3.63, 3.8) is 0 Å². The molecular formula is C17H13BrF4N2O2. The van der Waals surface area contributed by atoms with Crippen LogP contribution in [0.1, 0.15) is 11.1 Å². The molecule has 3 rings (SSSR count). The van der Waals surface area contributed by atoms with Gasteiger partial charge in [0.25, 0.3) is 0 Å². The lowest BCUT2D eigenvalue weighted by Crippen LogP contribution is -2.38. The lowest BCUT2D eigenvalue weighted by Gasteiger charge is -2.18. The van der Waals surface area contributed by atoms with E-state index in [-0.39, 0.29) is 17.9 Å². The summed E-state index contributed by atoms with van der Waals surface area (Å²) in [7, 11) is 0. The van der Waals surface area contributed by atoms with Crippen molar-refractivity contribution in [3.05, 3.63) is 57.6 Å². The summed E-state index contributed by atoms with van der Waals surface area (Å²) in [6.45, 7) is -2.80. The van der Waals surface area contributed by atoms with Crippen LogP contribution in [0.4, 0.5) is 28.0 Å². The summed E-state index contributed by atoms with van der Waals surface area (Å²) in [5.74, 6) is -1.57. The first kappa shape index (κ1) is 18.5. The molecule has 0 radical (unpaired) electrons. The molecule has 0 spiro atoms. The maximum absolute atomic E-state index is 13.7. The Morgan fingerprint density at radius 2 is 2.00 bits per heavy atom. The van der Waals surface area contributed by atoms with E-state index in [0.29, 0.717) is 23.1 Å². The number of rotatable bonds is 4. The molecule has 0 unspecified atom stereocenters. The molecule has 0 saturated heterocycles. The second-order valence-corrected chi connectivity index (χ2v) is 6.48. The summed E-state index contributed by atoms with van der Waals surface area (Å²) in [5.41, 5.74) is 1.55. The second kappa shape index (κ2) is 7.53. The lowest BCUT2D eigenvalue weighted by atomic mass is 10.2. The van der Waals surface area contributed by atoms with Gasteiger partial charge in [0.05, 0.1) is 10.2 Å². The summed E-state index contributed by atoms with van der Waals surface area (Å²) < 4.78 is 56.2. The van der Waals surface area contributed by atoms with Crippen molar-refractivity contribution in [2.45, 2.75) is 19.6 Å². The van der Waals surface area contributed by atoms with Crippen LogP contribution < -0.4 is 15.0 Å². The number of anilines is 1. The number of nitrogens with zero attached hydrogens (tertiary/aromatic N) is 1. The number of fused-ring (bicyclic) bond motifs is 1. The van der Waals surface area contributed by atoms with Crippen LogP contribution in [-0.2, 0) is 13.0 Å². The van der Waals surface area contributed by atoms with Crippen molar-refractivity contribution in [2.75, 3.05) is 11.4 Å². The minimum absolute atomic E-state index is 0.0962. The van der Waals surface area contributed by atoms with E-state index in [1.807, 2.05) is 0 Å². The van der Waals surface area contributed by atoms with Crippen LogP contribution in [0.3, 0.4) is 0 Å². The van der Waals surface area contributed by atoms with Crippen LogP contribution in [0.5, 0.6) is 5.75 Å². The fourth-order valence-electron chi connectivity index (χ4n) is 2.76. The monoisotopic (exact) mass is 432 g/mol. The third-order valence-corrected chi connectivity index (χ3v) is 4.47. The predicted molar refractivity (Wildman–Crippen MR) is 90.4 cm³/mol. The Morgan fingerprint density at radius 1 is 1.23 bits per heavy atom. The van der Waals surface area contributed by atoms with Crippen molar-refractivity contribution < 1.29 is 27.1 Å². The van der Waals surface area contributed by atoms with Crippen LogP contribution in [-0.4, -0.2) is 19.2 Å². The number of benzene rings is 2. The molecule has 1 aliphatic heterocycles. The van der Waals surface area contributed by atoms with E-state index >= 15 is 0 Å². The standard InChI is InChI=1S/C17H13BrF4N2O2/c18-13-5-10-1-2-24(15(10)7-14(13)20)17(25)23-8-9-3-11(19)6-12(4-9)26-16(21)22/h3-7,16H,1-2,8H2,(H,23,25). The Morgan fingerprint density at radius 3 is 2.73 bits per heavy atom. The molecule has 1 heterocycles. The molecule has 1 N–H and O–H groups in total. The van der Waals surface area contributed by atoms with Crippen molar-refractivity contribution in [1.82, 2.24) is 5.32 Å². The van der Waals surface area contributed by atoms with E-state index in [1.54, 1.807) is 6.07 Å². The van der Waals surface area contributed by atoms with Crippen molar-refractivity contribution in [1.29, 1.82) is 0 Å². The number of hydrogen-bond donors (Lipinski definition) is 1. The first-order valence-electron chi connectivity index (χ1n) is 7.61. The van der Waals surface area contributed by atoms with Crippen LogP contribution in [0.25, 0.3) is 0 Å². The highest BCUT2D eigenvalue weighted by molar-refractivity contribution is 9.10. The minimum Gasteiger partial charge on any atom is -0.435 e. The van der Waals surface area contributed by atoms with Gasteiger partial charge in [0.1, 0.15) is 17.4 Å². The third kappa shape index (κ3) is 4.09. The lowest BCUT2D eigenvalue weighted by molar-refractivity contribution is -0.0500. The number of urea groups is 1. The third-order valence-electron chi connectivity index (χ3n) is 3.86. The Kier molecular flexibility index (Phi) is 5.36. The molecule has 2 aromatic carbocycles. The second-order valence-electron chi connectivity index (χ2n) is 5.63. The normalized spacial score (nSPS) is 13.1. The highest BCUT2D eigenvalue weighted by atomic mass is 79.9. The Balaban J connectivity index is 1.69. The van der Waals surface area contributed by atoms with Gasteiger partial charge in [-0.1, -0.05) is 0 Å². The van der Waals surface area contributed by atoms with Crippen molar-refractivity contribution >= 4 is 27.6 Å². The van der Waals surface area contributed by atoms with Crippen LogP contribution in [0, 0.1) is 11.6 Å². The maximum Gasteiger partial charge on any atom is 0.387 e. The first-order valence-corrected chi connectivity index (χ1v) is 8.40. The molecule has 0 bridgehead atoms. The number of halogens is 5. The SMILES string of the molecule is O=C(NCc1cc(F)cc(OC(F)F)c1)N1CCc2cc(Br)c(F)cc21. The van der Waals surface area contributed by atoms with E-state index in [0.717, 1.165) is 17.7 Å². The largest absolute Gasteiger partial charge is 0.435 e. The highest BCUT2D eigenvalue weighted by Gasteiger charge is 2.26. The fraction of sp³-hybridized carbons (Fsp3) is 0.235. The fourth-order valence-corrected chi connectivity index (χ4v) is 3.15. The van der Waals surface area contributed by atoms with Gasteiger partial charge in [0.2, 0.25) is 0 Å². The molecule has 0 saturated carbocycles. The summed E-state index contributed by atoms with van der Waals surface area (Å²) in [6, 6.07) is 5.54. The predicted octanol–water partition coefficient (Wildman–Crippen LogP) is 4.60. The Labute approximate surface area is 154 Å². The van der Waals surface area contributed by atoms with E-state index in [2.05, 4.69) is 26.0 Å². The van der Waals surface area contributed by atoms with Gasteiger partial charge in [0, 0.05) is 19.2 Å². The Bertz CT molecular complexity index is 848. The van der Waals surface area contributed by atoms with Gasteiger partial charge in [0.15, 0.2) is 0 Å². The molecule has 0 aliphatic carbocycles. The molecule has 0 atom stereocenters. The van der Waals surface area contributed by atoms with Crippen LogP contribution in [0.2, 0.25) is 0 Å². The number of carbonyl (C=O) groups is 1. The van der Waals surface area contributed by atoms with Gasteiger partial charge in [-0.3, -0.25) is 4.90 Å². The number of amides is 2. The smallest absolute Gasteiger partial charge is 0.387 e. The Hall–Kier alpha value is -2.29. The molecular weight excluding hydrogens is 420 g/mol. The number of carbonyl (C=O) groups excluding carboxylic acids is 1. The molecule has 2 aromatic rings. The molecule has 1 aliphatic rings.